The van der Waals surface area contributed by atoms with Gasteiger partial charge in [-0.3, -0.25) is 9.89 Å². The van der Waals surface area contributed by atoms with Gasteiger partial charge in [0.15, 0.2) is 0 Å². The second kappa shape index (κ2) is 7.87. The Bertz CT molecular complexity index is 1350. The number of ether oxygens (including phenoxy) is 1. The Morgan fingerprint density at radius 3 is 2.79 bits per heavy atom. The molecule has 2 aromatic carbocycles. The van der Waals surface area contributed by atoms with Crippen LogP contribution in [0.15, 0.2) is 77.5 Å². The number of nitrogens with zero attached hydrogens (tertiary/aromatic N) is 3. The number of benzene rings is 2. The molecule has 3 heterocycles. The van der Waals surface area contributed by atoms with Crippen LogP contribution in [0.5, 0.6) is 5.88 Å². The van der Waals surface area contributed by atoms with Crippen LogP contribution in [-0.2, 0) is 16.0 Å². The Morgan fingerprint density at radius 2 is 2.06 bits per heavy atom. The first-order chi connectivity index (χ1) is 16.0. The number of carbonyl (C=O) groups is 1. The number of aromatic nitrogens is 2. The van der Waals surface area contributed by atoms with E-state index in [0.717, 1.165) is 4.90 Å². The Hall–Kier alpha value is -3.96. The van der Waals surface area contributed by atoms with Crippen molar-refractivity contribution in [2.75, 3.05) is 11.4 Å². The molecule has 0 bridgehead atoms. The molecule has 33 heavy (non-hydrogen) atoms. The predicted molar refractivity (Wildman–Crippen MR) is 127 cm³/mol. The number of amides is 1. The highest BCUT2D eigenvalue weighted by atomic mass is 32.2. The lowest BCUT2D eigenvalue weighted by atomic mass is 9.69. The van der Waals surface area contributed by atoms with Gasteiger partial charge in [-0.1, -0.05) is 42.0 Å². The van der Waals surface area contributed by atoms with Crippen LogP contribution < -0.4 is 15.4 Å². The summed E-state index contributed by atoms with van der Waals surface area (Å²) in [6, 6.07) is 17.8. The van der Waals surface area contributed by atoms with Crippen LogP contribution in [0.2, 0.25) is 0 Å². The van der Waals surface area contributed by atoms with E-state index >= 15 is 0 Å². The van der Waals surface area contributed by atoms with E-state index in [4.69, 9.17) is 10.5 Å². The molecule has 5 rings (SSSR count). The molecule has 0 saturated heterocycles. The predicted octanol–water partition coefficient (Wildman–Crippen LogP) is 3.92. The van der Waals surface area contributed by atoms with Crippen molar-refractivity contribution >= 4 is 23.4 Å². The zero-order valence-corrected chi connectivity index (χ0v) is 18.8. The molecule has 3 N–H and O–H groups in total. The maximum Gasteiger partial charge on any atom is 0.248 e. The van der Waals surface area contributed by atoms with Gasteiger partial charge in [0.1, 0.15) is 17.1 Å². The summed E-state index contributed by atoms with van der Waals surface area (Å²) in [6.07, 6.45) is 1.66. The van der Waals surface area contributed by atoms with Gasteiger partial charge < -0.3 is 15.4 Å². The lowest BCUT2D eigenvalue weighted by molar-refractivity contribution is -0.120. The number of hydrogen-bond acceptors (Lipinski definition) is 6. The number of rotatable bonds is 5. The largest absolute Gasteiger partial charge is 0.420 e. The van der Waals surface area contributed by atoms with Crippen molar-refractivity contribution in [3.05, 3.63) is 95.0 Å². The molecule has 2 aliphatic heterocycles. The number of para-hydroxylation sites is 1. The van der Waals surface area contributed by atoms with E-state index in [1.807, 2.05) is 31.2 Å². The molecule has 1 aromatic heterocycles. The first-order valence-corrected chi connectivity index (χ1v) is 11.4. The average Bonchev–Trinajstić information content (AvgIpc) is 3.33. The van der Waals surface area contributed by atoms with E-state index in [1.54, 1.807) is 22.7 Å². The Labute approximate surface area is 195 Å². The number of aromatic amines is 1. The highest BCUT2D eigenvalue weighted by Crippen LogP contribution is 2.56. The van der Waals surface area contributed by atoms with Crippen molar-refractivity contribution in [3.8, 4) is 11.9 Å². The third-order valence-corrected chi connectivity index (χ3v) is 7.04. The molecular formula is C25H21N5O2S. The normalized spacial score (nSPS) is 18.7. The average molecular weight is 456 g/mol. The second-order valence-electron chi connectivity index (χ2n) is 7.91. The van der Waals surface area contributed by atoms with Gasteiger partial charge in [0.2, 0.25) is 17.7 Å². The number of aryl methyl sites for hydroxylation is 1. The molecule has 0 aliphatic carbocycles. The number of nitriles is 1. The van der Waals surface area contributed by atoms with Gasteiger partial charge in [-0.05, 0) is 25.1 Å². The molecule has 3 aromatic rings. The molecule has 0 saturated carbocycles. The smallest absolute Gasteiger partial charge is 0.248 e. The van der Waals surface area contributed by atoms with E-state index in [9.17, 15) is 10.1 Å². The number of carbonyl (C=O) groups excluding carboxylic acids is 1. The number of nitrogens with two attached hydrogens (primary N) is 1. The summed E-state index contributed by atoms with van der Waals surface area (Å²) in [4.78, 5) is 16.8. The standard InChI is InChI=1S/C25H21N5O2S/c1-3-12-30-20-7-5-4-6-17(20)25(24(30)31)18(13-26)22(27)32-23-21(25)19(28-29-23)14-33-16-10-8-15(2)9-11-16/h3-11H,1,12,14,27H2,2H3,(H,28,29). The van der Waals surface area contributed by atoms with Crippen molar-refractivity contribution in [3.63, 3.8) is 0 Å². The van der Waals surface area contributed by atoms with Gasteiger partial charge in [0.25, 0.3) is 0 Å². The zero-order chi connectivity index (χ0) is 23.2. The number of nitrogens with one attached hydrogen (secondary N) is 1. The van der Waals surface area contributed by atoms with Gasteiger partial charge in [0.05, 0.1) is 11.3 Å². The first kappa shape index (κ1) is 20.9. The highest BCUT2D eigenvalue weighted by Gasteiger charge is 2.60. The van der Waals surface area contributed by atoms with E-state index in [1.165, 1.54) is 5.56 Å². The molecule has 1 amide bonds. The lowest BCUT2D eigenvalue weighted by Gasteiger charge is -2.32. The zero-order valence-electron chi connectivity index (χ0n) is 18.0. The van der Waals surface area contributed by atoms with Crippen LogP contribution in [0.1, 0.15) is 22.4 Å². The molecule has 1 atom stereocenters. The summed E-state index contributed by atoms with van der Waals surface area (Å²) in [5.74, 6) is 0.342. The molecular weight excluding hydrogens is 434 g/mol. The number of thioether (sulfide) groups is 1. The van der Waals surface area contributed by atoms with Crippen LogP contribution in [0, 0.1) is 18.3 Å². The van der Waals surface area contributed by atoms with Crippen LogP contribution in [0.3, 0.4) is 0 Å². The van der Waals surface area contributed by atoms with Gasteiger partial charge in [-0.25, -0.2) is 0 Å². The van der Waals surface area contributed by atoms with E-state index in [0.29, 0.717) is 34.8 Å². The van der Waals surface area contributed by atoms with E-state index in [-0.39, 0.29) is 23.2 Å². The van der Waals surface area contributed by atoms with Crippen LogP contribution in [0.4, 0.5) is 5.69 Å². The van der Waals surface area contributed by atoms with Crippen LogP contribution in [0.25, 0.3) is 0 Å². The summed E-state index contributed by atoms with van der Waals surface area (Å²) in [5, 5.41) is 17.5. The SMILES string of the molecule is C=CCN1C(=O)C2(C(C#N)=C(N)Oc3n[nH]c(CSc4ccc(C)cc4)c32)c2ccccc21. The number of H-pyrrole nitrogens is 1. The van der Waals surface area contributed by atoms with Crippen LogP contribution in [-0.4, -0.2) is 22.6 Å². The minimum atomic E-state index is -1.43. The quantitative estimate of drug-likeness (QED) is 0.446. The van der Waals surface area contributed by atoms with Crippen molar-refractivity contribution in [1.82, 2.24) is 10.2 Å². The maximum atomic E-state index is 14.1. The first-order valence-electron chi connectivity index (χ1n) is 10.4. The molecule has 8 heteroatoms. The Morgan fingerprint density at radius 1 is 1.30 bits per heavy atom. The van der Waals surface area contributed by atoms with Crippen molar-refractivity contribution in [1.29, 1.82) is 5.26 Å². The molecule has 0 radical (unpaired) electrons. The van der Waals surface area contributed by atoms with Gasteiger partial charge in [0, 0.05) is 28.4 Å². The molecule has 164 valence electrons. The van der Waals surface area contributed by atoms with Crippen molar-refractivity contribution < 1.29 is 9.53 Å². The Balaban J connectivity index is 1.70. The summed E-state index contributed by atoms with van der Waals surface area (Å²) < 4.78 is 5.72. The number of fused-ring (bicyclic) bond motifs is 4. The Kier molecular flexibility index (Phi) is 4.99. The maximum absolute atomic E-state index is 14.1. The van der Waals surface area contributed by atoms with E-state index < -0.39 is 5.41 Å². The number of anilines is 1. The van der Waals surface area contributed by atoms with E-state index in [2.05, 4.69) is 47.1 Å². The molecule has 1 spiro atoms. The molecule has 2 aliphatic rings. The summed E-state index contributed by atoms with van der Waals surface area (Å²) in [6.45, 7) is 6.14. The summed E-state index contributed by atoms with van der Waals surface area (Å²) in [7, 11) is 0. The highest BCUT2D eigenvalue weighted by molar-refractivity contribution is 7.98. The van der Waals surface area contributed by atoms with Gasteiger partial charge >= 0.3 is 0 Å². The summed E-state index contributed by atoms with van der Waals surface area (Å²) in [5.41, 5.74) is 8.64. The van der Waals surface area contributed by atoms with Crippen molar-refractivity contribution in [2.45, 2.75) is 23.0 Å². The minimum Gasteiger partial charge on any atom is -0.420 e. The fourth-order valence-electron chi connectivity index (χ4n) is 4.56. The topological polar surface area (TPSA) is 108 Å². The third kappa shape index (κ3) is 2.97. The molecule has 7 nitrogen and oxygen atoms in total. The van der Waals surface area contributed by atoms with Gasteiger partial charge in [-0.15, -0.1) is 23.4 Å². The summed E-state index contributed by atoms with van der Waals surface area (Å²) >= 11 is 1.61. The lowest BCUT2D eigenvalue weighted by Crippen LogP contribution is -2.46. The molecule has 0 fully saturated rings. The fourth-order valence-corrected chi connectivity index (χ4v) is 5.41. The third-order valence-electron chi connectivity index (χ3n) is 6.00. The monoisotopic (exact) mass is 455 g/mol. The van der Waals surface area contributed by atoms with Crippen LogP contribution >= 0.6 is 11.8 Å². The molecule has 1 unspecified atom stereocenters. The minimum absolute atomic E-state index is 0.0713. The fraction of sp³-hybridized carbons (Fsp3) is 0.160. The number of hydrogen-bond donors (Lipinski definition) is 2. The second-order valence-corrected chi connectivity index (χ2v) is 8.96. The van der Waals surface area contributed by atoms with Crippen molar-refractivity contribution in [2.24, 2.45) is 5.73 Å². The van der Waals surface area contributed by atoms with Gasteiger partial charge in [-0.2, -0.15) is 5.26 Å².